The lowest BCUT2D eigenvalue weighted by Crippen LogP contribution is -2.24. The molecule has 0 spiro atoms. The summed E-state index contributed by atoms with van der Waals surface area (Å²) in [5.41, 5.74) is 3.78. The van der Waals surface area contributed by atoms with E-state index in [1.165, 1.54) is 11.3 Å². The van der Waals surface area contributed by atoms with Crippen molar-refractivity contribution in [2.45, 2.75) is 40.7 Å². The van der Waals surface area contributed by atoms with E-state index in [2.05, 4.69) is 20.8 Å². The highest BCUT2D eigenvalue weighted by molar-refractivity contribution is 5.28. The standard InChI is InChI=1S/C12H17NO/c1-8-5-9(2)11(14)13-7-12(3,4)6-10(8)13/h5H,6-7H2,1-4H3. The second-order valence-electron chi connectivity index (χ2n) is 5.19. The highest BCUT2D eigenvalue weighted by Gasteiger charge is 2.30. The molecule has 2 heteroatoms. The van der Waals surface area contributed by atoms with Crippen LogP contribution >= 0.6 is 0 Å². The Morgan fingerprint density at radius 3 is 2.57 bits per heavy atom. The van der Waals surface area contributed by atoms with Crippen molar-refractivity contribution in [1.82, 2.24) is 4.57 Å². The van der Waals surface area contributed by atoms with Crippen molar-refractivity contribution < 1.29 is 0 Å². The topological polar surface area (TPSA) is 22.0 Å². The maximum absolute atomic E-state index is 11.9. The molecular weight excluding hydrogens is 174 g/mol. The Hall–Kier alpha value is -1.05. The van der Waals surface area contributed by atoms with Crippen molar-refractivity contribution in [2.24, 2.45) is 5.41 Å². The van der Waals surface area contributed by atoms with E-state index in [4.69, 9.17) is 0 Å². The summed E-state index contributed by atoms with van der Waals surface area (Å²) in [5.74, 6) is 0. The first kappa shape index (κ1) is 9.50. The molecule has 1 aliphatic heterocycles. The summed E-state index contributed by atoms with van der Waals surface area (Å²) >= 11 is 0. The van der Waals surface area contributed by atoms with Gasteiger partial charge in [0.2, 0.25) is 0 Å². The molecule has 0 bridgehead atoms. The summed E-state index contributed by atoms with van der Waals surface area (Å²) in [6.07, 6.45) is 1.02. The third kappa shape index (κ3) is 1.29. The molecule has 0 saturated heterocycles. The molecular formula is C12H17NO. The second-order valence-corrected chi connectivity index (χ2v) is 5.19. The maximum Gasteiger partial charge on any atom is 0.253 e. The van der Waals surface area contributed by atoms with Gasteiger partial charge in [-0.05, 0) is 37.3 Å². The number of fused-ring (bicyclic) bond motifs is 1. The SMILES string of the molecule is Cc1cc(C)c(=O)n2c1CC(C)(C)C2. The molecule has 2 heterocycles. The summed E-state index contributed by atoms with van der Waals surface area (Å²) in [5, 5.41) is 0. The summed E-state index contributed by atoms with van der Waals surface area (Å²) < 4.78 is 1.95. The number of hydrogen-bond acceptors (Lipinski definition) is 1. The van der Waals surface area contributed by atoms with E-state index < -0.39 is 0 Å². The van der Waals surface area contributed by atoms with E-state index in [0.717, 1.165) is 18.5 Å². The molecule has 0 aliphatic carbocycles. The Kier molecular flexibility index (Phi) is 1.85. The molecule has 0 N–H and O–H groups in total. The van der Waals surface area contributed by atoms with Crippen LogP contribution in [-0.2, 0) is 13.0 Å². The Balaban J connectivity index is 2.68. The molecule has 0 unspecified atom stereocenters. The molecule has 0 radical (unpaired) electrons. The zero-order valence-corrected chi connectivity index (χ0v) is 9.35. The van der Waals surface area contributed by atoms with Crippen molar-refractivity contribution in [1.29, 1.82) is 0 Å². The zero-order valence-electron chi connectivity index (χ0n) is 9.35. The van der Waals surface area contributed by atoms with Crippen molar-refractivity contribution in [3.8, 4) is 0 Å². The van der Waals surface area contributed by atoms with Crippen LogP contribution in [-0.4, -0.2) is 4.57 Å². The number of nitrogens with zero attached hydrogens (tertiary/aromatic N) is 1. The Morgan fingerprint density at radius 1 is 1.29 bits per heavy atom. The summed E-state index contributed by atoms with van der Waals surface area (Å²) in [6, 6.07) is 2.01. The number of aryl methyl sites for hydroxylation is 2. The lowest BCUT2D eigenvalue weighted by atomic mass is 9.90. The normalized spacial score (nSPS) is 18.3. The monoisotopic (exact) mass is 191 g/mol. The third-order valence-corrected chi connectivity index (χ3v) is 3.03. The quantitative estimate of drug-likeness (QED) is 0.615. The van der Waals surface area contributed by atoms with Gasteiger partial charge >= 0.3 is 0 Å². The van der Waals surface area contributed by atoms with Gasteiger partial charge in [0.05, 0.1) is 0 Å². The first-order valence-corrected chi connectivity index (χ1v) is 5.11. The first-order valence-electron chi connectivity index (χ1n) is 5.11. The van der Waals surface area contributed by atoms with Gasteiger partial charge in [0.1, 0.15) is 0 Å². The molecule has 76 valence electrons. The molecule has 2 nitrogen and oxygen atoms in total. The molecule has 0 atom stereocenters. The minimum absolute atomic E-state index is 0.191. The number of pyridine rings is 1. The third-order valence-electron chi connectivity index (χ3n) is 3.03. The minimum atomic E-state index is 0.191. The van der Waals surface area contributed by atoms with E-state index in [0.29, 0.717) is 0 Å². The lowest BCUT2D eigenvalue weighted by Gasteiger charge is -2.13. The molecule has 0 aromatic carbocycles. The van der Waals surface area contributed by atoms with E-state index in [1.54, 1.807) is 0 Å². The van der Waals surface area contributed by atoms with Crippen LogP contribution in [0.1, 0.15) is 30.7 Å². The van der Waals surface area contributed by atoms with Crippen LogP contribution in [0.25, 0.3) is 0 Å². The van der Waals surface area contributed by atoms with E-state index >= 15 is 0 Å². The van der Waals surface area contributed by atoms with Gasteiger partial charge in [-0.2, -0.15) is 0 Å². The van der Waals surface area contributed by atoms with Crippen molar-refractivity contribution >= 4 is 0 Å². The molecule has 1 aromatic heterocycles. The van der Waals surface area contributed by atoms with Crippen LogP contribution in [0.3, 0.4) is 0 Å². The molecule has 14 heavy (non-hydrogen) atoms. The number of hydrogen-bond donors (Lipinski definition) is 0. The summed E-state index contributed by atoms with van der Waals surface area (Å²) in [6.45, 7) is 9.29. The number of rotatable bonds is 0. The first-order chi connectivity index (χ1) is 6.41. The van der Waals surface area contributed by atoms with E-state index in [1.807, 2.05) is 17.6 Å². The largest absolute Gasteiger partial charge is 0.312 e. The van der Waals surface area contributed by atoms with Gasteiger partial charge in [0.15, 0.2) is 0 Å². The highest BCUT2D eigenvalue weighted by atomic mass is 16.1. The molecule has 1 aromatic rings. The van der Waals surface area contributed by atoms with Crippen LogP contribution in [0.15, 0.2) is 10.9 Å². The van der Waals surface area contributed by atoms with Gasteiger partial charge < -0.3 is 4.57 Å². The van der Waals surface area contributed by atoms with Gasteiger partial charge in [-0.15, -0.1) is 0 Å². The Labute approximate surface area is 84.6 Å². The molecule has 0 amide bonds. The highest BCUT2D eigenvalue weighted by Crippen LogP contribution is 2.31. The van der Waals surface area contributed by atoms with Gasteiger partial charge in [0.25, 0.3) is 5.56 Å². The van der Waals surface area contributed by atoms with Crippen molar-refractivity contribution in [3.05, 3.63) is 33.2 Å². The van der Waals surface area contributed by atoms with Gasteiger partial charge in [0, 0.05) is 17.8 Å². The summed E-state index contributed by atoms with van der Waals surface area (Å²) in [7, 11) is 0. The average molecular weight is 191 g/mol. The van der Waals surface area contributed by atoms with Gasteiger partial charge in [-0.1, -0.05) is 13.8 Å². The fraction of sp³-hybridized carbons (Fsp3) is 0.583. The molecule has 0 saturated carbocycles. The minimum Gasteiger partial charge on any atom is -0.312 e. The van der Waals surface area contributed by atoms with E-state index in [9.17, 15) is 4.79 Å². The van der Waals surface area contributed by atoms with Crippen LogP contribution in [0.2, 0.25) is 0 Å². The predicted molar refractivity (Wildman–Crippen MR) is 57.7 cm³/mol. The van der Waals surface area contributed by atoms with Crippen LogP contribution < -0.4 is 5.56 Å². The Morgan fingerprint density at radius 2 is 1.93 bits per heavy atom. The Bertz CT molecular complexity index is 440. The average Bonchev–Trinajstić information content (AvgIpc) is 2.38. The van der Waals surface area contributed by atoms with Crippen LogP contribution in [0, 0.1) is 19.3 Å². The molecule has 2 rings (SSSR count). The van der Waals surface area contributed by atoms with Gasteiger partial charge in [-0.25, -0.2) is 0 Å². The fourth-order valence-corrected chi connectivity index (χ4v) is 2.36. The number of aromatic nitrogens is 1. The summed E-state index contributed by atoms with van der Waals surface area (Å²) in [4.78, 5) is 11.9. The van der Waals surface area contributed by atoms with Crippen LogP contribution in [0.4, 0.5) is 0 Å². The predicted octanol–water partition coefficient (Wildman–Crippen LogP) is 2.05. The van der Waals surface area contributed by atoms with E-state index in [-0.39, 0.29) is 11.0 Å². The smallest absolute Gasteiger partial charge is 0.253 e. The lowest BCUT2D eigenvalue weighted by molar-refractivity contribution is 0.357. The maximum atomic E-state index is 11.9. The molecule has 0 fully saturated rings. The van der Waals surface area contributed by atoms with Gasteiger partial charge in [-0.3, -0.25) is 4.79 Å². The van der Waals surface area contributed by atoms with Crippen molar-refractivity contribution in [2.75, 3.05) is 0 Å². The van der Waals surface area contributed by atoms with Crippen molar-refractivity contribution in [3.63, 3.8) is 0 Å². The fourth-order valence-electron chi connectivity index (χ4n) is 2.36. The zero-order chi connectivity index (χ0) is 10.5. The van der Waals surface area contributed by atoms with Crippen LogP contribution in [0.5, 0.6) is 0 Å². The second kappa shape index (κ2) is 2.72. The molecule has 1 aliphatic rings.